The Morgan fingerprint density at radius 2 is 2.35 bits per heavy atom. The van der Waals surface area contributed by atoms with Crippen LogP contribution in [0.1, 0.15) is 12.0 Å². The Labute approximate surface area is 134 Å². The third kappa shape index (κ3) is 3.87. The Morgan fingerprint density at radius 1 is 1.48 bits per heavy atom. The molecule has 1 aromatic heterocycles. The molecular weight excluding hydrogens is 296 g/mol. The van der Waals surface area contributed by atoms with Gasteiger partial charge in [0, 0.05) is 12.7 Å². The van der Waals surface area contributed by atoms with Gasteiger partial charge in [0.15, 0.2) is 6.61 Å². The van der Waals surface area contributed by atoms with Gasteiger partial charge in [0.2, 0.25) is 0 Å². The van der Waals surface area contributed by atoms with Gasteiger partial charge in [-0.15, -0.1) is 5.10 Å². The summed E-state index contributed by atoms with van der Waals surface area (Å²) >= 11 is 0. The molecule has 23 heavy (non-hydrogen) atoms. The number of carbonyl (C=O) groups excluding carboxylic acids is 1. The topological polar surface area (TPSA) is 80.5 Å². The summed E-state index contributed by atoms with van der Waals surface area (Å²) in [5.74, 6) is 0.552. The van der Waals surface area contributed by atoms with Crippen LogP contribution in [-0.2, 0) is 11.3 Å². The molecule has 122 valence electrons. The molecule has 1 aliphatic heterocycles. The van der Waals surface area contributed by atoms with E-state index in [2.05, 4.69) is 10.3 Å². The van der Waals surface area contributed by atoms with Gasteiger partial charge >= 0.3 is 0 Å². The molecule has 1 unspecified atom stereocenters. The Hall–Kier alpha value is -2.41. The van der Waals surface area contributed by atoms with Gasteiger partial charge in [-0.2, -0.15) is 0 Å². The summed E-state index contributed by atoms with van der Waals surface area (Å²) in [6.07, 6.45) is 3.78. The number of carbonyl (C=O) groups is 1. The predicted molar refractivity (Wildman–Crippen MR) is 82.8 cm³/mol. The molecule has 0 bridgehead atoms. The van der Waals surface area contributed by atoms with E-state index in [1.54, 1.807) is 22.0 Å². The monoisotopic (exact) mass is 316 g/mol. The highest BCUT2D eigenvalue weighted by Gasteiger charge is 2.38. The van der Waals surface area contributed by atoms with Crippen molar-refractivity contribution in [3.63, 3.8) is 0 Å². The summed E-state index contributed by atoms with van der Waals surface area (Å²) in [4.78, 5) is 13.9. The van der Waals surface area contributed by atoms with E-state index >= 15 is 0 Å². The van der Waals surface area contributed by atoms with Gasteiger partial charge in [0.05, 0.1) is 19.3 Å². The van der Waals surface area contributed by atoms with Crippen molar-refractivity contribution in [3.8, 4) is 5.75 Å². The molecule has 2 heterocycles. The van der Waals surface area contributed by atoms with Crippen LogP contribution in [0.4, 0.5) is 0 Å². The van der Waals surface area contributed by atoms with Crippen molar-refractivity contribution >= 4 is 5.91 Å². The van der Waals surface area contributed by atoms with Gasteiger partial charge < -0.3 is 14.7 Å². The van der Waals surface area contributed by atoms with E-state index in [1.165, 1.54) is 0 Å². The number of hydrogen-bond acceptors (Lipinski definition) is 5. The van der Waals surface area contributed by atoms with Crippen LogP contribution < -0.4 is 4.74 Å². The highest BCUT2D eigenvalue weighted by atomic mass is 16.5. The lowest BCUT2D eigenvalue weighted by Gasteiger charge is -2.23. The summed E-state index contributed by atoms with van der Waals surface area (Å²) in [5.41, 5.74) is 0.116. The first-order chi connectivity index (χ1) is 11.0. The fraction of sp³-hybridized carbons (Fsp3) is 0.438. The number of rotatable bonds is 5. The van der Waals surface area contributed by atoms with E-state index < -0.39 is 5.60 Å². The SMILES string of the molecule is Cc1cccc(OCC(=O)N2CCC(O)(Cn3ccnn3)C2)c1. The fourth-order valence-electron chi connectivity index (χ4n) is 2.76. The van der Waals surface area contributed by atoms with Gasteiger partial charge in [0.25, 0.3) is 5.91 Å². The first-order valence-electron chi connectivity index (χ1n) is 7.58. The molecule has 1 N–H and O–H groups in total. The normalized spacial score (nSPS) is 20.7. The van der Waals surface area contributed by atoms with Gasteiger partial charge in [-0.1, -0.05) is 17.3 Å². The lowest BCUT2D eigenvalue weighted by molar-refractivity contribution is -0.133. The first kappa shape index (κ1) is 15.5. The minimum Gasteiger partial charge on any atom is -0.484 e. The molecule has 1 atom stereocenters. The van der Waals surface area contributed by atoms with Gasteiger partial charge in [0.1, 0.15) is 11.4 Å². The number of aromatic nitrogens is 3. The number of β-amino-alcohol motifs (C(OH)–C–C–N with tert-alkyl or cyclic N) is 1. The minimum absolute atomic E-state index is 0.0249. The largest absolute Gasteiger partial charge is 0.484 e. The summed E-state index contributed by atoms with van der Waals surface area (Å²) in [7, 11) is 0. The summed E-state index contributed by atoms with van der Waals surface area (Å²) in [6.45, 7) is 3.07. The average Bonchev–Trinajstić information content (AvgIpc) is 3.15. The number of aliphatic hydroxyl groups is 1. The Bertz CT molecular complexity index is 674. The van der Waals surface area contributed by atoms with Crippen molar-refractivity contribution in [1.82, 2.24) is 19.9 Å². The van der Waals surface area contributed by atoms with Crippen LogP contribution in [0.5, 0.6) is 5.75 Å². The van der Waals surface area contributed by atoms with Crippen molar-refractivity contribution in [1.29, 1.82) is 0 Å². The molecule has 1 amide bonds. The van der Waals surface area contributed by atoms with Crippen LogP contribution >= 0.6 is 0 Å². The Balaban J connectivity index is 1.53. The molecule has 7 nitrogen and oxygen atoms in total. The minimum atomic E-state index is -0.966. The number of amides is 1. The van der Waals surface area contributed by atoms with Gasteiger partial charge in [-0.05, 0) is 31.0 Å². The number of nitrogens with zero attached hydrogens (tertiary/aromatic N) is 4. The predicted octanol–water partition coefficient (Wildman–Crippen LogP) is 0.629. The van der Waals surface area contributed by atoms with Crippen molar-refractivity contribution in [3.05, 3.63) is 42.2 Å². The van der Waals surface area contributed by atoms with Crippen LogP contribution in [0.3, 0.4) is 0 Å². The van der Waals surface area contributed by atoms with E-state index in [4.69, 9.17) is 4.74 Å². The van der Waals surface area contributed by atoms with E-state index in [1.807, 2.05) is 31.2 Å². The standard InChI is InChI=1S/C16H20N4O3/c1-13-3-2-4-14(9-13)23-10-15(21)19-7-5-16(22,11-19)12-20-8-6-17-18-20/h2-4,6,8-9,22H,5,7,10-12H2,1H3. The molecule has 7 heteroatoms. The number of likely N-dealkylation sites (tertiary alicyclic amines) is 1. The van der Waals surface area contributed by atoms with Crippen LogP contribution in [0.25, 0.3) is 0 Å². The fourth-order valence-corrected chi connectivity index (χ4v) is 2.76. The molecule has 2 aromatic rings. The highest BCUT2D eigenvalue weighted by molar-refractivity contribution is 5.78. The highest BCUT2D eigenvalue weighted by Crippen LogP contribution is 2.23. The quantitative estimate of drug-likeness (QED) is 0.875. The molecule has 1 fully saturated rings. The average molecular weight is 316 g/mol. The molecule has 1 aromatic carbocycles. The van der Waals surface area contributed by atoms with E-state index in [0.717, 1.165) is 5.56 Å². The summed E-state index contributed by atoms with van der Waals surface area (Å²) in [5, 5.41) is 18.2. The second-order valence-corrected chi connectivity index (χ2v) is 6.00. The van der Waals surface area contributed by atoms with Crippen molar-refractivity contribution < 1.29 is 14.6 Å². The van der Waals surface area contributed by atoms with E-state index in [-0.39, 0.29) is 19.1 Å². The number of aryl methyl sites for hydroxylation is 1. The maximum absolute atomic E-state index is 12.2. The zero-order chi connectivity index (χ0) is 16.3. The molecule has 1 aliphatic rings. The lowest BCUT2D eigenvalue weighted by Crippen LogP contribution is -2.40. The molecule has 0 saturated carbocycles. The van der Waals surface area contributed by atoms with Crippen molar-refractivity contribution in [2.45, 2.75) is 25.5 Å². The van der Waals surface area contributed by atoms with Gasteiger partial charge in [-0.25, -0.2) is 4.68 Å². The second kappa shape index (κ2) is 6.37. The molecule has 1 saturated heterocycles. The van der Waals surface area contributed by atoms with Gasteiger partial charge in [-0.3, -0.25) is 4.79 Å². The van der Waals surface area contributed by atoms with Crippen LogP contribution in [0.15, 0.2) is 36.7 Å². The molecule has 3 rings (SSSR count). The summed E-state index contributed by atoms with van der Waals surface area (Å²) < 4.78 is 7.12. The van der Waals surface area contributed by atoms with E-state index in [9.17, 15) is 9.90 Å². The van der Waals surface area contributed by atoms with Crippen LogP contribution in [0, 0.1) is 6.92 Å². The number of benzene rings is 1. The number of ether oxygens (including phenoxy) is 1. The van der Waals surface area contributed by atoms with Crippen LogP contribution in [-0.4, -0.2) is 56.2 Å². The third-order valence-electron chi connectivity index (χ3n) is 3.97. The Kier molecular flexibility index (Phi) is 4.29. The maximum Gasteiger partial charge on any atom is 0.260 e. The smallest absolute Gasteiger partial charge is 0.260 e. The maximum atomic E-state index is 12.2. The van der Waals surface area contributed by atoms with E-state index in [0.29, 0.717) is 25.3 Å². The molecular formula is C16H20N4O3. The van der Waals surface area contributed by atoms with Crippen molar-refractivity contribution in [2.75, 3.05) is 19.7 Å². The lowest BCUT2D eigenvalue weighted by atomic mass is 10.0. The molecule has 0 aliphatic carbocycles. The molecule has 0 radical (unpaired) electrons. The molecule has 0 spiro atoms. The van der Waals surface area contributed by atoms with Crippen LogP contribution in [0.2, 0.25) is 0 Å². The zero-order valence-electron chi connectivity index (χ0n) is 13.1. The number of hydrogen-bond donors (Lipinski definition) is 1. The summed E-state index contributed by atoms with van der Waals surface area (Å²) in [6, 6.07) is 7.57. The second-order valence-electron chi connectivity index (χ2n) is 6.00. The third-order valence-corrected chi connectivity index (χ3v) is 3.97. The van der Waals surface area contributed by atoms with Crippen molar-refractivity contribution in [2.24, 2.45) is 0 Å². The Morgan fingerprint density at radius 3 is 3.09 bits per heavy atom. The zero-order valence-corrected chi connectivity index (χ0v) is 13.1. The first-order valence-corrected chi connectivity index (χ1v) is 7.58.